The topological polar surface area (TPSA) is 29.1 Å². The zero-order chi connectivity index (χ0) is 14.8. The molecule has 2 nitrogen and oxygen atoms in total. The first-order chi connectivity index (χ1) is 10.1. The standard InChI is InChI=1S/C17H18FNOS/c1-11-7-8-13(18)10-14(11)19-17(20)16-9-12-5-3-2-4-6-15(12)21-16/h7-10H,2-6H2,1H3,(H,19,20). The second-order valence-corrected chi connectivity index (χ2v) is 6.67. The predicted molar refractivity (Wildman–Crippen MR) is 84.7 cm³/mol. The van der Waals surface area contributed by atoms with E-state index in [1.165, 1.54) is 41.8 Å². The third kappa shape index (κ3) is 3.16. The van der Waals surface area contributed by atoms with E-state index in [1.807, 2.05) is 13.0 Å². The van der Waals surface area contributed by atoms with Crippen molar-refractivity contribution >= 4 is 22.9 Å². The third-order valence-electron chi connectivity index (χ3n) is 3.92. The Balaban J connectivity index is 1.81. The highest BCUT2D eigenvalue weighted by molar-refractivity contribution is 7.14. The van der Waals surface area contributed by atoms with Gasteiger partial charge in [-0.25, -0.2) is 4.39 Å². The Bertz CT molecular complexity index is 654. The maximum atomic E-state index is 13.3. The van der Waals surface area contributed by atoms with Crippen LogP contribution in [0.25, 0.3) is 0 Å². The van der Waals surface area contributed by atoms with Crippen molar-refractivity contribution in [2.24, 2.45) is 0 Å². The van der Waals surface area contributed by atoms with Crippen LogP contribution in [0.15, 0.2) is 24.3 Å². The fraction of sp³-hybridized carbons (Fsp3) is 0.353. The molecule has 4 heteroatoms. The Morgan fingerprint density at radius 1 is 1.19 bits per heavy atom. The number of benzene rings is 1. The molecule has 0 spiro atoms. The molecule has 1 aliphatic rings. The molecule has 0 aliphatic heterocycles. The molecule has 0 atom stereocenters. The number of hydrogen-bond acceptors (Lipinski definition) is 2. The van der Waals surface area contributed by atoms with E-state index in [4.69, 9.17) is 0 Å². The summed E-state index contributed by atoms with van der Waals surface area (Å²) in [6.07, 6.45) is 5.82. The number of anilines is 1. The highest BCUT2D eigenvalue weighted by atomic mass is 32.1. The van der Waals surface area contributed by atoms with Gasteiger partial charge in [-0.05, 0) is 61.9 Å². The largest absolute Gasteiger partial charge is 0.321 e. The van der Waals surface area contributed by atoms with Crippen LogP contribution < -0.4 is 5.32 Å². The van der Waals surface area contributed by atoms with Crippen LogP contribution >= 0.6 is 11.3 Å². The smallest absolute Gasteiger partial charge is 0.265 e. The van der Waals surface area contributed by atoms with E-state index in [0.717, 1.165) is 23.3 Å². The summed E-state index contributed by atoms with van der Waals surface area (Å²) in [7, 11) is 0. The van der Waals surface area contributed by atoms with Gasteiger partial charge in [-0.2, -0.15) is 0 Å². The molecular formula is C17H18FNOS. The summed E-state index contributed by atoms with van der Waals surface area (Å²) in [6.45, 7) is 1.86. The maximum Gasteiger partial charge on any atom is 0.265 e. The number of rotatable bonds is 2. The number of amides is 1. The van der Waals surface area contributed by atoms with E-state index in [2.05, 4.69) is 5.32 Å². The van der Waals surface area contributed by atoms with Crippen LogP contribution in [0.3, 0.4) is 0 Å². The van der Waals surface area contributed by atoms with Crippen molar-refractivity contribution in [2.75, 3.05) is 5.32 Å². The second kappa shape index (κ2) is 5.98. The van der Waals surface area contributed by atoms with Crippen molar-refractivity contribution < 1.29 is 9.18 Å². The average Bonchev–Trinajstić information content (AvgIpc) is 2.74. The quantitative estimate of drug-likeness (QED) is 0.799. The van der Waals surface area contributed by atoms with Gasteiger partial charge < -0.3 is 5.32 Å². The van der Waals surface area contributed by atoms with E-state index in [0.29, 0.717) is 5.69 Å². The van der Waals surface area contributed by atoms with Crippen LogP contribution in [0.2, 0.25) is 0 Å². The minimum absolute atomic E-state index is 0.137. The molecule has 110 valence electrons. The number of aryl methyl sites for hydroxylation is 3. The lowest BCUT2D eigenvalue weighted by Crippen LogP contribution is -2.11. The molecule has 1 heterocycles. The summed E-state index contributed by atoms with van der Waals surface area (Å²) < 4.78 is 13.3. The van der Waals surface area contributed by atoms with E-state index < -0.39 is 0 Å². The zero-order valence-electron chi connectivity index (χ0n) is 12.0. The molecule has 1 aliphatic carbocycles. The summed E-state index contributed by atoms with van der Waals surface area (Å²) in [4.78, 5) is 14.4. The highest BCUT2D eigenvalue weighted by Gasteiger charge is 2.17. The van der Waals surface area contributed by atoms with Crippen molar-refractivity contribution in [1.29, 1.82) is 0 Å². The number of halogens is 1. The first-order valence-corrected chi connectivity index (χ1v) is 8.14. The first kappa shape index (κ1) is 14.3. The van der Waals surface area contributed by atoms with Crippen molar-refractivity contribution in [3.8, 4) is 0 Å². The molecule has 0 unspecified atom stereocenters. The maximum absolute atomic E-state index is 13.3. The van der Waals surface area contributed by atoms with E-state index in [1.54, 1.807) is 17.4 Å². The summed E-state index contributed by atoms with van der Waals surface area (Å²) in [6, 6.07) is 6.45. The summed E-state index contributed by atoms with van der Waals surface area (Å²) >= 11 is 1.58. The van der Waals surface area contributed by atoms with Gasteiger partial charge in [-0.15, -0.1) is 11.3 Å². The second-order valence-electron chi connectivity index (χ2n) is 5.53. The zero-order valence-corrected chi connectivity index (χ0v) is 12.9. The van der Waals surface area contributed by atoms with Crippen molar-refractivity contribution in [2.45, 2.75) is 39.0 Å². The fourth-order valence-electron chi connectivity index (χ4n) is 2.69. The Kier molecular flexibility index (Phi) is 4.06. The van der Waals surface area contributed by atoms with Crippen LogP contribution in [-0.2, 0) is 12.8 Å². The molecular weight excluding hydrogens is 285 g/mol. The predicted octanol–water partition coefficient (Wildman–Crippen LogP) is 4.72. The summed E-state index contributed by atoms with van der Waals surface area (Å²) in [5, 5.41) is 2.82. The Morgan fingerprint density at radius 2 is 2.00 bits per heavy atom. The van der Waals surface area contributed by atoms with Gasteiger partial charge in [0.15, 0.2) is 0 Å². The van der Waals surface area contributed by atoms with Crippen molar-refractivity contribution in [3.05, 3.63) is 51.0 Å². The molecule has 2 aromatic rings. The number of thiophene rings is 1. The van der Waals surface area contributed by atoms with Gasteiger partial charge in [-0.1, -0.05) is 12.5 Å². The average molecular weight is 303 g/mol. The van der Waals surface area contributed by atoms with Crippen LogP contribution in [0.5, 0.6) is 0 Å². The lowest BCUT2D eigenvalue weighted by molar-refractivity contribution is 0.103. The van der Waals surface area contributed by atoms with Gasteiger partial charge in [0.2, 0.25) is 0 Å². The molecule has 1 aromatic carbocycles. The van der Waals surface area contributed by atoms with Crippen molar-refractivity contribution in [3.63, 3.8) is 0 Å². The Morgan fingerprint density at radius 3 is 2.86 bits per heavy atom. The van der Waals surface area contributed by atoms with Gasteiger partial charge >= 0.3 is 0 Å². The molecule has 0 radical (unpaired) electrons. The third-order valence-corrected chi connectivity index (χ3v) is 5.15. The van der Waals surface area contributed by atoms with Gasteiger partial charge in [-0.3, -0.25) is 4.79 Å². The van der Waals surface area contributed by atoms with E-state index >= 15 is 0 Å². The molecule has 3 rings (SSSR count). The normalized spacial score (nSPS) is 14.4. The lowest BCUT2D eigenvalue weighted by Gasteiger charge is -2.07. The van der Waals surface area contributed by atoms with E-state index in [9.17, 15) is 9.18 Å². The van der Waals surface area contributed by atoms with Crippen LogP contribution in [0, 0.1) is 12.7 Å². The SMILES string of the molecule is Cc1ccc(F)cc1NC(=O)c1cc2c(s1)CCCCC2. The van der Waals surface area contributed by atoms with Gasteiger partial charge in [0.25, 0.3) is 5.91 Å². The molecule has 0 saturated heterocycles. The molecule has 1 amide bonds. The first-order valence-electron chi connectivity index (χ1n) is 7.32. The monoisotopic (exact) mass is 303 g/mol. The minimum Gasteiger partial charge on any atom is -0.321 e. The number of carbonyl (C=O) groups is 1. The minimum atomic E-state index is -0.335. The van der Waals surface area contributed by atoms with Gasteiger partial charge in [0, 0.05) is 10.6 Å². The summed E-state index contributed by atoms with van der Waals surface area (Å²) in [5.74, 6) is -0.473. The number of hydrogen-bond donors (Lipinski definition) is 1. The van der Waals surface area contributed by atoms with Gasteiger partial charge in [0.05, 0.1) is 4.88 Å². The Labute approximate surface area is 128 Å². The van der Waals surface area contributed by atoms with E-state index in [-0.39, 0.29) is 11.7 Å². The van der Waals surface area contributed by atoms with Crippen molar-refractivity contribution in [1.82, 2.24) is 0 Å². The molecule has 0 bridgehead atoms. The number of fused-ring (bicyclic) bond motifs is 1. The fourth-order valence-corrected chi connectivity index (χ4v) is 3.84. The summed E-state index contributed by atoms with van der Waals surface area (Å²) in [5.41, 5.74) is 2.73. The highest BCUT2D eigenvalue weighted by Crippen LogP contribution is 2.29. The number of nitrogens with one attached hydrogen (secondary N) is 1. The van der Waals surface area contributed by atoms with Gasteiger partial charge in [0.1, 0.15) is 5.82 Å². The molecule has 21 heavy (non-hydrogen) atoms. The van der Waals surface area contributed by atoms with Crippen LogP contribution in [0.4, 0.5) is 10.1 Å². The molecule has 0 fully saturated rings. The molecule has 1 N–H and O–H groups in total. The molecule has 0 saturated carbocycles. The van der Waals surface area contributed by atoms with Crippen LogP contribution in [0.1, 0.15) is 44.9 Å². The van der Waals surface area contributed by atoms with Crippen LogP contribution in [-0.4, -0.2) is 5.91 Å². The molecule has 1 aromatic heterocycles. The number of carbonyl (C=O) groups excluding carboxylic acids is 1. The lowest BCUT2D eigenvalue weighted by atomic mass is 10.1. The Hall–Kier alpha value is -1.68.